The summed E-state index contributed by atoms with van der Waals surface area (Å²) in [5.41, 5.74) is 0. The van der Waals surface area contributed by atoms with Crippen molar-refractivity contribution in [2.24, 2.45) is 5.92 Å². The Kier molecular flexibility index (Phi) is 3.37. The largest absolute Gasteiger partial charge is 0.341 e. The molecule has 2 heterocycles. The Hall–Kier alpha value is -0.570. The van der Waals surface area contributed by atoms with Gasteiger partial charge in [0.25, 0.3) is 0 Å². The Labute approximate surface area is 104 Å². The molecule has 96 valence electrons. The van der Waals surface area contributed by atoms with Crippen LogP contribution in [0.4, 0.5) is 0 Å². The second-order valence-electron chi connectivity index (χ2n) is 6.05. The van der Waals surface area contributed by atoms with Gasteiger partial charge in [-0.25, -0.2) is 0 Å². The van der Waals surface area contributed by atoms with Crippen molar-refractivity contribution < 1.29 is 4.79 Å². The average molecular weight is 236 g/mol. The van der Waals surface area contributed by atoms with Crippen LogP contribution in [0.1, 0.15) is 51.4 Å². The maximum absolute atomic E-state index is 12.5. The molecule has 0 aromatic heterocycles. The summed E-state index contributed by atoms with van der Waals surface area (Å²) >= 11 is 0. The molecule has 3 rings (SSSR count). The van der Waals surface area contributed by atoms with Crippen molar-refractivity contribution in [3.05, 3.63) is 0 Å². The highest BCUT2D eigenvalue weighted by molar-refractivity contribution is 5.79. The first kappa shape index (κ1) is 11.5. The van der Waals surface area contributed by atoms with Crippen LogP contribution in [-0.2, 0) is 4.79 Å². The Morgan fingerprint density at radius 2 is 1.71 bits per heavy atom. The minimum Gasteiger partial charge on any atom is -0.341 e. The molecule has 3 heteroatoms. The zero-order valence-electron chi connectivity index (χ0n) is 10.7. The van der Waals surface area contributed by atoms with Gasteiger partial charge in [-0.05, 0) is 32.1 Å². The lowest BCUT2D eigenvalue weighted by molar-refractivity contribution is -0.136. The Balaban J connectivity index is 1.61. The quantitative estimate of drug-likeness (QED) is 0.754. The predicted octanol–water partition coefficient (Wildman–Crippen LogP) is 1.92. The van der Waals surface area contributed by atoms with Crippen LogP contribution in [0, 0.1) is 5.92 Å². The summed E-state index contributed by atoms with van der Waals surface area (Å²) in [4.78, 5) is 14.6. The van der Waals surface area contributed by atoms with Gasteiger partial charge in [0.05, 0.1) is 0 Å². The van der Waals surface area contributed by atoms with Gasteiger partial charge >= 0.3 is 0 Å². The van der Waals surface area contributed by atoms with Crippen LogP contribution in [0.5, 0.6) is 0 Å². The number of likely N-dealkylation sites (tertiary alicyclic amines) is 1. The molecule has 3 aliphatic rings. The fourth-order valence-corrected chi connectivity index (χ4v) is 3.75. The molecular formula is C14H24N2O. The summed E-state index contributed by atoms with van der Waals surface area (Å²) in [5, 5.41) is 3.65. The van der Waals surface area contributed by atoms with E-state index in [-0.39, 0.29) is 0 Å². The number of hydrogen-bond acceptors (Lipinski definition) is 2. The third-order valence-corrected chi connectivity index (χ3v) is 4.79. The van der Waals surface area contributed by atoms with Crippen LogP contribution in [0.25, 0.3) is 0 Å². The molecule has 2 aliphatic heterocycles. The molecular weight excluding hydrogens is 212 g/mol. The summed E-state index contributed by atoms with van der Waals surface area (Å²) in [6.45, 7) is 1.95. The zero-order valence-corrected chi connectivity index (χ0v) is 10.7. The Morgan fingerprint density at radius 3 is 2.53 bits per heavy atom. The number of carbonyl (C=O) groups excluding carboxylic acids is 1. The maximum atomic E-state index is 12.5. The van der Waals surface area contributed by atoms with Gasteiger partial charge in [-0.2, -0.15) is 0 Å². The van der Waals surface area contributed by atoms with Crippen molar-refractivity contribution in [3.63, 3.8) is 0 Å². The van der Waals surface area contributed by atoms with Crippen molar-refractivity contribution in [3.8, 4) is 0 Å². The van der Waals surface area contributed by atoms with Gasteiger partial charge in [-0.3, -0.25) is 4.79 Å². The van der Waals surface area contributed by atoms with Gasteiger partial charge in [0, 0.05) is 31.1 Å². The molecule has 2 bridgehead atoms. The van der Waals surface area contributed by atoms with Crippen LogP contribution in [-0.4, -0.2) is 36.0 Å². The third-order valence-electron chi connectivity index (χ3n) is 4.79. The summed E-state index contributed by atoms with van der Waals surface area (Å²) < 4.78 is 0. The summed E-state index contributed by atoms with van der Waals surface area (Å²) in [5.74, 6) is 0.805. The van der Waals surface area contributed by atoms with E-state index < -0.39 is 0 Å². The lowest BCUT2D eigenvalue weighted by Crippen LogP contribution is -2.42. The van der Waals surface area contributed by atoms with Crippen molar-refractivity contribution in [1.82, 2.24) is 10.2 Å². The molecule has 0 aromatic carbocycles. The topological polar surface area (TPSA) is 32.3 Å². The van der Waals surface area contributed by atoms with Gasteiger partial charge < -0.3 is 10.2 Å². The lowest BCUT2D eigenvalue weighted by Gasteiger charge is -2.30. The second-order valence-corrected chi connectivity index (χ2v) is 6.05. The smallest absolute Gasteiger partial charge is 0.225 e. The number of fused-ring (bicyclic) bond motifs is 2. The molecule has 0 radical (unpaired) electrons. The standard InChI is InChI=1S/C14H24N2O/c17-14(11-4-2-1-3-5-11)16-9-8-12-6-7-13(10-16)15-12/h11-13,15H,1-10H2/t12-,13+/m1/s1. The minimum atomic E-state index is 0.348. The fourth-order valence-electron chi connectivity index (χ4n) is 3.75. The van der Waals surface area contributed by atoms with E-state index in [0.29, 0.717) is 23.9 Å². The predicted molar refractivity (Wildman–Crippen MR) is 67.7 cm³/mol. The second kappa shape index (κ2) is 4.97. The first-order valence-corrected chi connectivity index (χ1v) is 7.38. The first-order valence-electron chi connectivity index (χ1n) is 7.38. The molecule has 2 saturated heterocycles. The number of nitrogens with zero attached hydrogens (tertiary/aromatic N) is 1. The molecule has 1 saturated carbocycles. The highest BCUT2D eigenvalue weighted by Gasteiger charge is 2.33. The van der Waals surface area contributed by atoms with Gasteiger partial charge in [0.1, 0.15) is 0 Å². The first-order chi connectivity index (χ1) is 8.33. The normalized spacial score (nSPS) is 34.7. The SMILES string of the molecule is O=C(C1CCCCC1)N1CC[C@H]2CC[C@@H](C1)N2. The minimum absolute atomic E-state index is 0.348. The Morgan fingerprint density at radius 1 is 0.941 bits per heavy atom. The number of nitrogens with one attached hydrogen (secondary N) is 1. The number of carbonyl (C=O) groups is 1. The average Bonchev–Trinajstić information content (AvgIpc) is 2.69. The molecule has 17 heavy (non-hydrogen) atoms. The van der Waals surface area contributed by atoms with Crippen LogP contribution >= 0.6 is 0 Å². The number of hydrogen-bond donors (Lipinski definition) is 1. The molecule has 1 aliphatic carbocycles. The van der Waals surface area contributed by atoms with Crippen molar-refractivity contribution in [2.45, 2.75) is 63.5 Å². The van der Waals surface area contributed by atoms with Crippen LogP contribution in [0.3, 0.4) is 0 Å². The van der Waals surface area contributed by atoms with Gasteiger partial charge in [-0.1, -0.05) is 19.3 Å². The van der Waals surface area contributed by atoms with E-state index in [2.05, 4.69) is 10.2 Å². The number of amides is 1. The maximum Gasteiger partial charge on any atom is 0.225 e. The molecule has 1 N–H and O–H groups in total. The van der Waals surface area contributed by atoms with Crippen molar-refractivity contribution >= 4 is 5.91 Å². The zero-order chi connectivity index (χ0) is 11.7. The van der Waals surface area contributed by atoms with E-state index in [9.17, 15) is 4.79 Å². The van der Waals surface area contributed by atoms with Crippen LogP contribution in [0.2, 0.25) is 0 Å². The molecule has 0 unspecified atom stereocenters. The van der Waals surface area contributed by atoms with Crippen molar-refractivity contribution in [2.75, 3.05) is 13.1 Å². The van der Waals surface area contributed by atoms with Crippen LogP contribution in [0.15, 0.2) is 0 Å². The van der Waals surface area contributed by atoms with Crippen LogP contribution < -0.4 is 5.32 Å². The summed E-state index contributed by atoms with van der Waals surface area (Å²) in [6.07, 6.45) is 9.86. The molecule has 2 atom stereocenters. The Bertz CT molecular complexity index is 286. The van der Waals surface area contributed by atoms with Gasteiger partial charge in [0.15, 0.2) is 0 Å². The van der Waals surface area contributed by atoms with E-state index in [1.807, 2.05) is 0 Å². The molecule has 1 amide bonds. The summed E-state index contributed by atoms with van der Waals surface area (Å²) in [6, 6.07) is 1.26. The van der Waals surface area contributed by atoms with Gasteiger partial charge in [-0.15, -0.1) is 0 Å². The third kappa shape index (κ3) is 2.49. The summed E-state index contributed by atoms with van der Waals surface area (Å²) in [7, 11) is 0. The van der Waals surface area contributed by atoms with E-state index in [1.54, 1.807) is 0 Å². The number of rotatable bonds is 1. The van der Waals surface area contributed by atoms with E-state index >= 15 is 0 Å². The van der Waals surface area contributed by atoms with E-state index in [4.69, 9.17) is 0 Å². The molecule has 3 nitrogen and oxygen atoms in total. The monoisotopic (exact) mass is 236 g/mol. The van der Waals surface area contributed by atoms with Gasteiger partial charge in [0.2, 0.25) is 5.91 Å². The van der Waals surface area contributed by atoms with E-state index in [0.717, 1.165) is 32.4 Å². The molecule has 0 aromatic rings. The molecule has 3 fully saturated rings. The highest BCUT2D eigenvalue weighted by atomic mass is 16.2. The van der Waals surface area contributed by atoms with Crippen molar-refractivity contribution in [1.29, 1.82) is 0 Å². The lowest BCUT2D eigenvalue weighted by atomic mass is 9.88. The fraction of sp³-hybridized carbons (Fsp3) is 0.929. The molecule has 0 spiro atoms. The van der Waals surface area contributed by atoms with E-state index in [1.165, 1.54) is 32.1 Å². The highest BCUT2D eigenvalue weighted by Crippen LogP contribution is 2.27.